The van der Waals surface area contributed by atoms with Gasteiger partial charge in [0.05, 0.1) is 10.8 Å². The monoisotopic (exact) mass is 508 g/mol. The summed E-state index contributed by atoms with van der Waals surface area (Å²) in [5.74, 6) is 1.28. The van der Waals surface area contributed by atoms with E-state index in [9.17, 15) is 9.59 Å². The van der Waals surface area contributed by atoms with Crippen LogP contribution < -0.4 is 10.6 Å². The molecule has 0 spiro atoms. The molecule has 4 aliphatic carbocycles. The second kappa shape index (κ2) is 8.18. The molecular weight excluding hydrogens is 468 g/mol. The molecule has 198 valence electrons. The van der Waals surface area contributed by atoms with Gasteiger partial charge >= 0.3 is 0 Å². The number of hydrogen-bond donors (Lipinski definition) is 2. The molecule has 0 saturated heterocycles. The molecule has 0 aliphatic heterocycles. The summed E-state index contributed by atoms with van der Waals surface area (Å²) in [6, 6.07) is 16.0. The number of carbonyl (C=O) groups is 2. The van der Waals surface area contributed by atoms with Crippen molar-refractivity contribution >= 4 is 23.2 Å². The molecule has 6 rings (SSSR count). The van der Waals surface area contributed by atoms with E-state index in [1.54, 1.807) is 0 Å². The number of amides is 2. The highest BCUT2D eigenvalue weighted by molar-refractivity contribution is 5.99. The Kier molecular flexibility index (Phi) is 5.41. The number of rotatable bonds is 5. The van der Waals surface area contributed by atoms with Crippen molar-refractivity contribution in [2.24, 2.45) is 33.5 Å². The van der Waals surface area contributed by atoms with Gasteiger partial charge in [0.25, 0.3) is 0 Å². The third-order valence-corrected chi connectivity index (χ3v) is 11.3. The van der Waals surface area contributed by atoms with Crippen molar-refractivity contribution in [2.75, 3.05) is 10.6 Å². The van der Waals surface area contributed by atoms with Crippen LogP contribution in [0.2, 0.25) is 0 Å². The molecule has 0 radical (unpaired) electrons. The first-order valence-electron chi connectivity index (χ1n) is 14.1. The maximum absolute atomic E-state index is 13.4. The quantitative estimate of drug-likeness (QED) is 0.402. The third kappa shape index (κ3) is 3.41. The van der Waals surface area contributed by atoms with E-state index >= 15 is 0 Å². The van der Waals surface area contributed by atoms with Crippen LogP contribution >= 0.6 is 0 Å². The van der Waals surface area contributed by atoms with Gasteiger partial charge in [0.1, 0.15) is 0 Å². The van der Waals surface area contributed by atoms with E-state index in [1.807, 2.05) is 48.5 Å². The normalized spacial score (nSPS) is 32.0. The lowest BCUT2D eigenvalue weighted by atomic mass is 9.68. The summed E-state index contributed by atoms with van der Waals surface area (Å²) in [5.41, 5.74) is 5.16. The van der Waals surface area contributed by atoms with E-state index < -0.39 is 10.8 Å². The minimum Gasteiger partial charge on any atom is -0.325 e. The lowest BCUT2D eigenvalue weighted by molar-refractivity contribution is -0.124. The first-order chi connectivity index (χ1) is 17.9. The summed E-state index contributed by atoms with van der Waals surface area (Å²) in [6.07, 6.45) is 5.84. The molecule has 0 heterocycles. The van der Waals surface area contributed by atoms with Crippen molar-refractivity contribution in [3.8, 4) is 11.1 Å². The Morgan fingerprint density at radius 3 is 1.29 bits per heavy atom. The standard InChI is InChI=1S/C34H40N2O2/c1-21-31(3,4)25-15-17-33(21,19-25)29(37)35-27-11-7-23(8-12-27)24-9-13-28(14-10-24)36-30(38)34-18-16-26(20-34)32(5,6)22(34)2/h7-14,25-26H,1-2,15-20H2,3-6H3,(H,35,37)(H,36,38). The van der Waals surface area contributed by atoms with Gasteiger partial charge in [0.15, 0.2) is 0 Å². The first kappa shape index (κ1) is 25.2. The van der Waals surface area contributed by atoms with E-state index in [4.69, 9.17) is 0 Å². The second-order valence-electron chi connectivity index (χ2n) is 13.5. The van der Waals surface area contributed by atoms with Gasteiger partial charge in [-0.05, 0) is 96.6 Å². The highest BCUT2D eigenvalue weighted by Gasteiger charge is 2.62. The van der Waals surface area contributed by atoms with Crippen LogP contribution in [-0.2, 0) is 9.59 Å². The average molecular weight is 509 g/mol. The summed E-state index contributed by atoms with van der Waals surface area (Å²) in [6.45, 7) is 17.6. The molecule has 38 heavy (non-hydrogen) atoms. The minimum atomic E-state index is -0.424. The Bertz CT molecular complexity index is 1240. The van der Waals surface area contributed by atoms with Gasteiger partial charge in [-0.3, -0.25) is 9.59 Å². The third-order valence-electron chi connectivity index (χ3n) is 11.3. The van der Waals surface area contributed by atoms with Gasteiger partial charge in [-0.2, -0.15) is 0 Å². The lowest BCUT2D eigenvalue weighted by Gasteiger charge is -2.37. The number of nitrogens with one attached hydrogen (secondary N) is 2. The SMILES string of the molecule is C=C1C2(C(=O)Nc3ccc(-c4ccc(NC(=O)C56CCC(C5)C(C)(C)C6=C)cc4)cc3)CCC(C2)C1(C)C. The lowest BCUT2D eigenvalue weighted by Crippen LogP contribution is -2.37. The number of carbonyl (C=O) groups excluding carboxylic acids is 2. The summed E-state index contributed by atoms with van der Waals surface area (Å²) >= 11 is 0. The number of fused-ring (bicyclic) bond motifs is 4. The highest BCUT2D eigenvalue weighted by atomic mass is 16.2. The van der Waals surface area contributed by atoms with Crippen molar-refractivity contribution in [2.45, 2.75) is 66.2 Å². The zero-order valence-electron chi connectivity index (χ0n) is 23.2. The fraction of sp³-hybridized carbons (Fsp3) is 0.471. The molecule has 4 fully saturated rings. The Morgan fingerprint density at radius 2 is 1.00 bits per heavy atom. The van der Waals surface area contributed by atoms with Gasteiger partial charge in [-0.25, -0.2) is 0 Å². The first-order valence-corrected chi connectivity index (χ1v) is 14.1. The molecule has 4 nitrogen and oxygen atoms in total. The van der Waals surface area contributed by atoms with E-state index in [1.165, 1.54) is 0 Å². The summed E-state index contributed by atoms with van der Waals surface area (Å²) < 4.78 is 0. The summed E-state index contributed by atoms with van der Waals surface area (Å²) in [7, 11) is 0. The molecule has 4 atom stereocenters. The molecule has 4 bridgehead atoms. The molecule has 2 amide bonds. The number of anilines is 2. The molecule has 4 saturated carbocycles. The maximum atomic E-state index is 13.4. The molecule has 2 aromatic carbocycles. The van der Waals surface area contributed by atoms with Gasteiger partial charge in [0, 0.05) is 11.4 Å². The largest absolute Gasteiger partial charge is 0.325 e. The van der Waals surface area contributed by atoms with Gasteiger partial charge in [-0.15, -0.1) is 0 Å². The van der Waals surface area contributed by atoms with Crippen LogP contribution in [0, 0.1) is 33.5 Å². The Hall–Kier alpha value is -3.14. The molecule has 2 N–H and O–H groups in total. The Morgan fingerprint density at radius 1 is 0.658 bits per heavy atom. The fourth-order valence-corrected chi connectivity index (χ4v) is 8.28. The molecule has 0 aromatic heterocycles. The van der Waals surface area contributed by atoms with Gasteiger partial charge in [-0.1, -0.05) is 76.3 Å². The predicted octanol–water partition coefficient (Wildman–Crippen LogP) is 8.00. The van der Waals surface area contributed by atoms with Crippen molar-refractivity contribution in [1.29, 1.82) is 0 Å². The fourth-order valence-electron chi connectivity index (χ4n) is 8.28. The Labute approximate surface area is 227 Å². The molecule has 4 aliphatic rings. The molecule has 4 unspecified atom stereocenters. The second-order valence-corrected chi connectivity index (χ2v) is 13.5. The van der Waals surface area contributed by atoms with Crippen LogP contribution in [0.4, 0.5) is 11.4 Å². The summed E-state index contributed by atoms with van der Waals surface area (Å²) in [5, 5.41) is 6.35. The van der Waals surface area contributed by atoms with Crippen LogP contribution in [0.25, 0.3) is 11.1 Å². The minimum absolute atomic E-state index is 0.0337. The number of benzene rings is 2. The van der Waals surface area contributed by atoms with Crippen molar-refractivity contribution in [3.63, 3.8) is 0 Å². The molecule has 2 aromatic rings. The highest BCUT2D eigenvalue weighted by Crippen LogP contribution is 2.66. The van der Waals surface area contributed by atoms with Gasteiger partial charge < -0.3 is 10.6 Å². The van der Waals surface area contributed by atoms with Crippen LogP contribution in [0.5, 0.6) is 0 Å². The average Bonchev–Trinajstić information content (AvgIpc) is 3.63. The van der Waals surface area contributed by atoms with Gasteiger partial charge in [0.2, 0.25) is 11.8 Å². The zero-order chi connectivity index (χ0) is 27.1. The topological polar surface area (TPSA) is 58.2 Å². The van der Waals surface area contributed by atoms with E-state index in [0.29, 0.717) is 11.8 Å². The maximum Gasteiger partial charge on any atom is 0.234 e. The smallest absolute Gasteiger partial charge is 0.234 e. The van der Waals surface area contributed by atoms with E-state index in [-0.39, 0.29) is 22.6 Å². The zero-order valence-corrected chi connectivity index (χ0v) is 23.2. The predicted molar refractivity (Wildman–Crippen MR) is 155 cm³/mol. The van der Waals surface area contributed by atoms with Crippen molar-refractivity contribution < 1.29 is 9.59 Å². The van der Waals surface area contributed by atoms with Crippen LogP contribution in [0.3, 0.4) is 0 Å². The van der Waals surface area contributed by atoms with Crippen molar-refractivity contribution in [1.82, 2.24) is 0 Å². The van der Waals surface area contributed by atoms with Crippen molar-refractivity contribution in [3.05, 3.63) is 72.8 Å². The number of hydrogen-bond acceptors (Lipinski definition) is 2. The van der Waals surface area contributed by atoms with Crippen LogP contribution in [-0.4, -0.2) is 11.8 Å². The molecule has 4 heteroatoms. The van der Waals surface area contributed by atoms with Crippen LogP contribution in [0.15, 0.2) is 72.8 Å². The Balaban J connectivity index is 1.11. The van der Waals surface area contributed by atoms with E-state index in [2.05, 4.69) is 51.5 Å². The summed E-state index contributed by atoms with van der Waals surface area (Å²) in [4.78, 5) is 26.7. The van der Waals surface area contributed by atoms with Crippen LogP contribution in [0.1, 0.15) is 66.2 Å². The molecular formula is C34H40N2O2. The van der Waals surface area contributed by atoms with E-state index in [0.717, 1.165) is 72.2 Å².